The van der Waals surface area contributed by atoms with Crippen molar-refractivity contribution in [1.29, 1.82) is 0 Å². The number of hydrogen-bond donors (Lipinski definition) is 2. The van der Waals surface area contributed by atoms with Crippen LogP contribution < -0.4 is 11.1 Å². The van der Waals surface area contributed by atoms with Crippen molar-refractivity contribution >= 4 is 15.7 Å². The van der Waals surface area contributed by atoms with E-state index in [1.165, 1.54) is 0 Å². The Labute approximate surface area is 136 Å². The van der Waals surface area contributed by atoms with Gasteiger partial charge in [0.25, 0.3) is 0 Å². The van der Waals surface area contributed by atoms with Crippen LogP contribution in [0, 0.1) is 0 Å². The summed E-state index contributed by atoms with van der Waals surface area (Å²) in [5.74, 6) is -0.466. The Hall–Kier alpha value is -2.18. The first-order valence-electron chi connectivity index (χ1n) is 7.36. The zero-order chi connectivity index (χ0) is 16.7. The average Bonchev–Trinajstić information content (AvgIpc) is 2.56. The Balaban J connectivity index is 1.90. The van der Waals surface area contributed by atoms with Crippen LogP contribution in [0.4, 0.5) is 0 Å². The highest BCUT2D eigenvalue weighted by molar-refractivity contribution is 7.91. The van der Waals surface area contributed by atoms with E-state index in [9.17, 15) is 13.2 Å². The maximum Gasteiger partial charge on any atom is 0.239 e. The Bertz CT molecular complexity index is 731. The highest BCUT2D eigenvalue weighted by Gasteiger charge is 2.18. The Morgan fingerprint density at radius 3 is 2.13 bits per heavy atom. The van der Waals surface area contributed by atoms with Crippen molar-refractivity contribution < 1.29 is 13.2 Å². The minimum Gasteiger partial charge on any atom is -0.368 e. The summed E-state index contributed by atoms with van der Waals surface area (Å²) in [5, 5.41) is 3.02. The summed E-state index contributed by atoms with van der Waals surface area (Å²) in [4.78, 5) is 11.9. The van der Waals surface area contributed by atoms with Crippen LogP contribution in [0.5, 0.6) is 0 Å². The van der Waals surface area contributed by atoms with Crippen LogP contribution in [-0.4, -0.2) is 26.6 Å². The summed E-state index contributed by atoms with van der Waals surface area (Å²) in [5.41, 5.74) is 6.18. The van der Waals surface area contributed by atoms with E-state index < -0.39 is 21.8 Å². The molecule has 1 amide bonds. The standard InChI is InChI=1S/C17H20N2O3S/c18-17(20)16(14-8-3-1-4-9-14)19-12-7-13-23(21,22)15-10-5-2-6-11-15/h1-6,8-11,16,19H,7,12-13H2,(H2,18,20)/t16-/m0/s1. The fourth-order valence-electron chi connectivity index (χ4n) is 2.28. The van der Waals surface area contributed by atoms with Crippen LogP contribution in [0.1, 0.15) is 18.0 Å². The van der Waals surface area contributed by atoms with Crippen LogP contribution in [0.15, 0.2) is 65.6 Å². The van der Waals surface area contributed by atoms with Crippen molar-refractivity contribution in [2.24, 2.45) is 5.73 Å². The number of carbonyl (C=O) groups is 1. The quantitative estimate of drug-likeness (QED) is 0.720. The third-order valence-electron chi connectivity index (χ3n) is 3.46. The van der Waals surface area contributed by atoms with E-state index in [2.05, 4.69) is 5.32 Å². The molecule has 0 saturated carbocycles. The summed E-state index contributed by atoms with van der Waals surface area (Å²) in [6, 6.07) is 16.8. The molecular weight excluding hydrogens is 312 g/mol. The van der Waals surface area contributed by atoms with Crippen LogP contribution in [0.3, 0.4) is 0 Å². The second-order valence-electron chi connectivity index (χ2n) is 5.19. The number of hydrogen-bond acceptors (Lipinski definition) is 4. The molecule has 122 valence electrons. The first-order valence-corrected chi connectivity index (χ1v) is 9.01. The van der Waals surface area contributed by atoms with E-state index in [4.69, 9.17) is 5.73 Å². The first-order chi connectivity index (χ1) is 11.0. The normalized spacial score (nSPS) is 12.7. The van der Waals surface area contributed by atoms with Crippen molar-refractivity contribution in [3.63, 3.8) is 0 Å². The second kappa shape index (κ2) is 7.89. The molecule has 0 spiro atoms. The van der Waals surface area contributed by atoms with Gasteiger partial charge in [0.05, 0.1) is 10.6 Å². The monoisotopic (exact) mass is 332 g/mol. The van der Waals surface area contributed by atoms with Gasteiger partial charge in [-0.15, -0.1) is 0 Å². The molecule has 5 nitrogen and oxygen atoms in total. The molecule has 6 heteroatoms. The van der Waals surface area contributed by atoms with E-state index in [0.717, 1.165) is 5.56 Å². The van der Waals surface area contributed by atoms with E-state index in [-0.39, 0.29) is 5.75 Å². The molecule has 0 aromatic heterocycles. The minimum atomic E-state index is -3.30. The number of nitrogens with two attached hydrogens (primary N) is 1. The molecule has 0 heterocycles. The predicted molar refractivity (Wildman–Crippen MR) is 89.5 cm³/mol. The molecule has 0 unspecified atom stereocenters. The number of sulfone groups is 1. The maximum absolute atomic E-state index is 12.2. The second-order valence-corrected chi connectivity index (χ2v) is 7.29. The van der Waals surface area contributed by atoms with Crippen LogP contribution >= 0.6 is 0 Å². The summed E-state index contributed by atoms with van der Waals surface area (Å²) in [6.07, 6.45) is 0.397. The molecule has 2 aromatic carbocycles. The van der Waals surface area contributed by atoms with E-state index in [0.29, 0.717) is 17.9 Å². The van der Waals surface area contributed by atoms with E-state index >= 15 is 0 Å². The smallest absolute Gasteiger partial charge is 0.239 e. The Morgan fingerprint density at radius 1 is 1.00 bits per heavy atom. The number of rotatable bonds is 8. The Morgan fingerprint density at radius 2 is 1.57 bits per heavy atom. The van der Waals surface area contributed by atoms with Crippen LogP contribution in [-0.2, 0) is 14.6 Å². The van der Waals surface area contributed by atoms with Crippen molar-refractivity contribution in [2.75, 3.05) is 12.3 Å². The largest absolute Gasteiger partial charge is 0.368 e. The van der Waals surface area contributed by atoms with Gasteiger partial charge in [0.2, 0.25) is 5.91 Å². The molecule has 0 radical (unpaired) electrons. The summed E-state index contributed by atoms with van der Waals surface area (Å²) in [7, 11) is -3.30. The molecular formula is C17H20N2O3S. The third-order valence-corrected chi connectivity index (χ3v) is 5.27. The highest BCUT2D eigenvalue weighted by atomic mass is 32.2. The van der Waals surface area contributed by atoms with Gasteiger partial charge in [-0.3, -0.25) is 4.79 Å². The van der Waals surface area contributed by atoms with Crippen molar-refractivity contribution in [1.82, 2.24) is 5.32 Å². The molecule has 0 aliphatic rings. The maximum atomic E-state index is 12.2. The number of carbonyl (C=O) groups excluding carboxylic acids is 1. The van der Waals surface area contributed by atoms with Gasteiger partial charge in [-0.05, 0) is 30.7 Å². The number of primary amides is 1. The van der Waals surface area contributed by atoms with Gasteiger partial charge in [0, 0.05) is 0 Å². The van der Waals surface area contributed by atoms with Gasteiger partial charge in [0.15, 0.2) is 9.84 Å². The van der Waals surface area contributed by atoms with Gasteiger partial charge in [-0.2, -0.15) is 0 Å². The molecule has 2 aromatic rings. The molecule has 23 heavy (non-hydrogen) atoms. The number of amides is 1. The van der Waals surface area contributed by atoms with E-state index in [1.54, 1.807) is 30.3 Å². The lowest BCUT2D eigenvalue weighted by Crippen LogP contribution is -2.34. The number of benzene rings is 2. The fourth-order valence-corrected chi connectivity index (χ4v) is 3.61. The molecule has 0 aliphatic carbocycles. The van der Waals surface area contributed by atoms with Gasteiger partial charge >= 0.3 is 0 Å². The van der Waals surface area contributed by atoms with Gasteiger partial charge in [-0.25, -0.2) is 8.42 Å². The molecule has 0 fully saturated rings. The van der Waals surface area contributed by atoms with Crippen molar-refractivity contribution in [3.8, 4) is 0 Å². The molecule has 0 saturated heterocycles. The lowest BCUT2D eigenvalue weighted by Gasteiger charge is -2.15. The van der Waals surface area contributed by atoms with Crippen molar-refractivity contribution in [2.45, 2.75) is 17.4 Å². The average molecular weight is 332 g/mol. The molecule has 1 atom stereocenters. The topological polar surface area (TPSA) is 89.3 Å². The Kier molecular flexibility index (Phi) is 5.90. The predicted octanol–water partition coefficient (Wildman–Crippen LogP) is 1.67. The number of nitrogens with one attached hydrogen (secondary N) is 1. The van der Waals surface area contributed by atoms with Crippen molar-refractivity contribution in [3.05, 3.63) is 66.2 Å². The third kappa shape index (κ3) is 4.91. The minimum absolute atomic E-state index is 0.0181. The molecule has 0 bridgehead atoms. The highest BCUT2D eigenvalue weighted by Crippen LogP contribution is 2.13. The zero-order valence-corrected chi connectivity index (χ0v) is 13.5. The van der Waals surface area contributed by atoms with Gasteiger partial charge in [-0.1, -0.05) is 48.5 Å². The summed E-state index contributed by atoms with van der Waals surface area (Å²) in [6.45, 7) is 0.383. The lowest BCUT2D eigenvalue weighted by atomic mass is 10.1. The fraction of sp³-hybridized carbons (Fsp3) is 0.235. The summed E-state index contributed by atoms with van der Waals surface area (Å²) < 4.78 is 24.3. The zero-order valence-electron chi connectivity index (χ0n) is 12.7. The SMILES string of the molecule is NC(=O)[C@@H](NCCCS(=O)(=O)c1ccccc1)c1ccccc1. The van der Waals surface area contributed by atoms with Gasteiger partial charge in [0.1, 0.15) is 6.04 Å². The van der Waals surface area contributed by atoms with Gasteiger partial charge < -0.3 is 11.1 Å². The lowest BCUT2D eigenvalue weighted by molar-refractivity contribution is -0.120. The first kappa shape index (κ1) is 17.2. The molecule has 2 rings (SSSR count). The molecule has 0 aliphatic heterocycles. The van der Waals surface area contributed by atoms with Crippen LogP contribution in [0.2, 0.25) is 0 Å². The van der Waals surface area contributed by atoms with Crippen LogP contribution in [0.25, 0.3) is 0 Å². The summed E-state index contributed by atoms with van der Waals surface area (Å²) >= 11 is 0. The van der Waals surface area contributed by atoms with E-state index in [1.807, 2.05) is 30.3 Å². The molecule has 3 N–H and O–H groups in total.